The number of barbiturate groups is 1. The van der Waals surface area contributed by atoms with Crippen LogP contribution in [0.15, 0.2) is 81.2 Å². The molecule has 3 aromatic rings. The average Bonchev–Trinajstić information content (AvgIpc) is 3.48. The summed E-state index contributed by atoms with van der Waals surface area (Å²) in [4.78, 5) is 44.3. The minimum atomic E-state index is -0.724. The van der Waals surface area contributed by atoms with Gasteiger partial charge in [0.05, 0.1) is 15.8 Å². The zero-order valence-corrected chi connectivity index (χ0v) is 19.2. The smallest absolute Gasteiger partial charge is 0.343 e. The molecule has 0 atom stereocenters. The fourth-order valence-electron chi connectivity index (χ4n) is 4.06. The SMILES string of the molecule is O=C1C(=Cc2cc(Br)c(N3CCCC3)o2)C(=O)N(c2ccccc2)C(=O)N1c1ccccc1. The molecule has 0 bridgehead atoms. The van der Waals surface area contributed by atoms with Gasteiger partial charge in [0, 0.05) is 19.2 Å². The van der Waals surface area contributed by atoms with E-state index >= 15 is 0 Å². The van der Waals surface area contributed by atoms with Gasteiger partial charge in [-0.25, -0.2) is 14.6 Å². The van der Waals surface area contributed by atoms with E-state index < -0.39 is 17.8 Å². The highest BCUT2D eigenvalue weighted by Crippen LogP contribution is 2.35. The molecule has 8 heteroatoms. The van der Waals surface area contributed by atoms with Crippen molar-refractivity contribution in [2.45, 2.75) is 12.8 Å². The second-order valence-corrected chi connectivity index (χ2v) is 8.64. The third-order valence-electron chi connectivity index (χ3n) is 5.65. The molecule has 2 saturated heterocycles. The van der Waals surface area contributed by atoms with Crippen molar-refractivity contribution in [3.63, 3.8) is 0 Å². The molecule has 0 radical (unpaired) electrons. The Kier molecular flexibility index (Phi) is 5.60. The lowest BCUT2D eigenvalue weighted by molar-refractivity contribution is -0.121. The van der Waals surface area contributed by atoms with E-state index in [4.69, 9.17) is 4.42 Å². The lowest BCUT2D eigenvalue weighted by atomic mass is 10.1. The molecular weight excluding hydrogens is 486 g/mol. The van der Waals surface area contributed by atoms with E-state index in [1.165, 1.54) is 6.08 Å². The molecule has 0 N–H and O–H groups in total. The number of furan rings is 1. The van der Waals surface area contributed by atoms with E-state index in [9.17, 15) is 14.4 Å². The van der Waals surface area contributed by atoms with Crippen molar-refractivity contribution in [3.05, 3.63) is 82.5 Å². The molecule has 2 aromatic carbocycles. The van der Waals surface area contributed by atoms with E-state index in [1.807, 2.05) is 0 Å². The van der Waals surface area contributed by atoms with Gasteiger partial charge in [-0.2, -0.15) is 0 Å². The summed E-state index contributed by atoms with van der Waals surface area (Å²) in [7, 11) is 0. The summed E-state index contributed by atoms with van der Waals surface area (Å²) in [5.74, 6) is -0.362. The zero-order valence-electron chi connectivity index (χ0n) is 17.6. The molecule has 7 nitrogen and oxygen atoms in total. The molecule has 4 amide bonds. The molecule has 0 unspecified atom stereocenters. The molecule has 0 aliphatic carbocycles. The molecule has 2 aliphatic heterocycles. The van der Waals surface area contributed by atoms with Crippen molar-refractivity contribution in [1.29, 1.82) is 0 Å². The highest BCUT2D eigenvalue weighted by Gasteiger charge is 2.43. The molecule has 1 aromatic heterocycles. The van der Waals surface area contributed by atoms with Crippen molar-refractivity contribution in [3.8, 4) is 0 Å². The number of amides is 4. The Balaban J connectivity index is 1.59. The van der Waals surface area contributed by atoms with E-state index in [1.54, 1.807) is 66.7 Å². The van der Waals surface area contributed by atoms with E-state index in [-0.39, 0.29) is 5.57 Å². The quantitative estimate of drug-likeness (QED) is 0.358. The van der Waals surface area contributed by atoms with Gasteiger partial charge in [0.25, 0.3) is 11.8 Å². The Morgan fingerprint density at radius 1 is 0.788 bits per heavy atom. The van der Waals surface area contributed by atoms with Gasteiger partial charge >= 0.3 is 6.03 Å². The van der Waals surface area contributed by atoms with Gasteiger partial charge in [-0.15, -0.1) is 0 Å². The molecule has 2 aliphatic rings. The number of nitrogens with zero attached hydrogens (tertiary/aromatic N) is 3. The van der Waals surface area contributed by atoms with Crippen molar-refractivity contribution < 1.29 is 18.8 Å². The monoisotopic (exact) mass is 505 g/mol. The summed E-state index contributed by atoms with van der Waals surface area (Å²) in [5.41, 5.74) is 0.604. The number of hydrogen-bond donors (Lipinski definition) is 0. The largest absolute Gasteiger partial charge is 0.440 e. The predicted molar refractivity (Wildman–Crippen MR) is 129 cm³/mol. The van der Waals surface area contributed by atoms with Crippen LogP contribution < -0.4 is 14.7 Å². The van der Waals surface area contributed by atoms with Crippen LogP contribution in [0.25, 0.3) is 6.08 Å². The van der Waals surface area contributed by atoms with Crippen molar-refractivity contribution >= 4 is 57.1 Å². The number of carbonyl (C=O) groups excluding carboxylic acids is 3. The van der Waals surface area contributed by atoms with Crippen molar-refractivity contribution in [1.82, 2.24) is 0 Å². The van der Waals surface area contributed by atoms with Crippen molar-refractivity contribution in [2.24, 2.45) is 0 Å². The first-order valence-electron chi connectivity index (χ1n) is 10.6. The molecule has 0 saturated carbocycles. The fraction of sp³-hybridized carbons (Fsp3) is 0.160. The van der Waals surface area contributed by atoms with Gasteiger partial charge in [-0.3, -0.25) is 9.59 Å². The predicted octanol–water partition coefficient (Wildman–Crippen LogP) is 5.23. The minimum absolute atomic E-state index is 0.156. The summed E-state index contributed by atoms with van der Waals surface area (Å²) >= 11 is 3.52. The second-order valence-electron chi connectivity index (χ2n) is 7.79. The first kappa shape index (κ1) is 21.2. The molecule has 5 rings (SSSR count). The third kappa shape index (κ3) is 3.87. The molecule has 33 heavy (non-hydrogen) atoms. The van der Waals surface area contributed by atoms with E-state index in [0.29, 0.717) is 23.0 Å². The Bertz CT molecular complexity index is 1180. The van der Waals surface area contributed by atoms with Crippen LogP contribution in [-0.2, 0) is 9.59 Å². The summed E-state index contributed by atoms with van der Waals surface area (Å²) in [5, 5.41) is 0. The molecule has 0 spiro atoms. The van der Waals surface area contributed by atoms with Crippen molar-refractivity contribution in [2.75, 3.05) is 27.8 Å². The maximum atomic E-state index is 13.4. The summed E-state index contributed by atoms with van der Waals surface area (Å²) in [6.45, 7) is 1.77. The molecule has 2 fully saturated rings. The Morgan fingerprint density at radius 2 is 1.30 bits per heavy atom. The van der Waals surface area contributed by atoms with Crippen LogP contribution in [0.1, 0.15) is 18.6 Å². The Morgan fingerprint density at radius 3 is 1.82 bits per heavy atom. The van der Waals surface area contributed by atoms with Crippen LogP contribution >= 0.6 is 15.9 Å². The number of imide groups is 2. The van der Waals surface area contributed by atoms with Crippen LogP contribution in [0.3, 0.4) is 0 Å². The summed E-state index contributed by atoms with van der Waals surface area (Å²) in [6, 6.07) is 18.1. The van der Waals surface area contributed by atoms with Crippen LogP contribution in [0.5, 0.6) is 0 Å². The number of urea groups is 1. The van der Waals surface area contributed by atoms with Crippen LogP contribution in [0.2, 0.25) is 0 Å². The first-order chi connectivity index (χ1) is 16.0. The van der Waals surface area contributed by atoms with Gasteiger partial charge in [0.15, 0.2) is 0 Å². The van der Waals surface area contributed by atoms with Gasteiger partial charge in [-0.05, 0) is 59.1 Å². The van der Waals surface area contributed by atoms with E-state index in [2.05, 4.69) is 20.8 Å². The van der Waals surface area contributed by atoms with Crippen LogP contribution in [-0.4, -0.2) is 30.9 Å². The number of benzene rings is 2. The van der Waals surface area contributed by atoms with E-state index in [0.717, 1.165) is 40.2 Å². The Labute approximate surface area is 199 Å². The molecule has 3 heterocycles. The fourth-order valence-corrected chi connectivity index (χ4v) is 4.62. The number of rotatable bonds is 4. The van der Waals surface area contributed by atoms with Crippen LogP contribution in [0, 0.1) is 0 Å². The lowest BCUT2D eigenvalue weighted by Crippen LogP contribution is -2.57. The normalized spacial score (nSPS) is 16.7. The minimum Gasteiger partial charge on any atom is -0.440 e. The van der Waals surface area contributed by atoms with Gasteiger partial charge < -0.3 is 9.32 Å². The molecule has 166 valence electrons. The standard InChI is InChI=1S/C25H20BrN3O4/c26-21-16-19(33-24(21)27-13-7-8-14-27)15-20-22(30)28(17-9-3-1-4-10-17)25(32)29(23(20)31)18-11-5-2-6-12-18/h1-6,9-12,15-16H,7-8,13-14H2. The maximum absolute atomic E-state index is 13.4. The summed E-state index contributed by atoms with van der Waals surface area (Å²) in [6.07, 6.45) is 3.58. The lowest BCUT2D eigenvalue weighted by Gasteiger charge is -2.33. The number of carbonyl (C=O) groups is 3. The Hall–Kier alpha value is -3.65. The number of anilines is 3. The highest BCUT2D eigenvalue weighted by atomic mass is 79.9. The average molecular weight is 506 g/mol. The second kappa shape index (κ2) is 8.71. The van der Waals surface area contributed by atoms with Crippen LogP contribution in [0.4, 0.5) is 22.1 Å². The number of para-hydroxylation sites is 2. The first-order valence-corrected chi connectivity index (χ1v) is 11.4. The maximum Gasteiger partial charge on any atom is 0.343 e. The summed E-state index contributed by atoms with van der Waals surface area (Å²) < 4.78 is 6.74. The molecular formula is C25H20BrN3O4. The number of hydrogen-bond acceptors (Lipinski definition) is 5. The topological polar surface area (TPSA) is 74.1 Å². The van der Waals surface area contributed by atoms with Gasteiger partial charge in [0.2, 0.25) is 5.88 Å². The zero-order chi connectivity index (χ0) is 22.9. The highest BCUT2D eigenvalue weighted by molar-refractivity contribution is 9.10. The van der Waals surface area contributed by atoms with Gasteiger partial charge in [-0.1, -0.05) is 36.4 Å². The van der Waals surface area contributed by atoms with Gasteiger partial charge in [0.1, 0.15) is 11.3 Å². The number of halogens is 1. The third-order valence-corrected chi connectivity index (χ3v) is 6.21.